The van der Waals surface area contributed by atoms with E-state index in [2.05, 4.69) is 4.99 Å². The number of hydrogen-bond acceptors (Lipinski definition) is 5. The summed E-state index contributed by atoms with van der Waals surface area (Å²) in [5.74, 6) is 0.656. The second-order valence-electron chi connectivity index (χ2n) is 4.06. The van der Waals surface area contributed by atoms with Crippen LogP contribution in [0.15, 0.2) is 28.8 Å². The molecule has 0 amide bonds. The van der Waals surface area contributed by atoms with Gasteiger partial charge in [0, 0.05) is 17.6 Å². The summed E-state index contributed by atoms with van der Waals surface area (Å²) in [5.41, 5.74) is 7.74. The van der Waals surface area contributed by atoms with Crippen molar-refractivity contribution in [3.63, 3.8) is 0 Å². The van der Waals surface area contributed by atoms with Crippen LogP contribution in [0.3, 0.4) is 0 Å². The summed E-state index contributed by atoms with van der Waals surface area (Å²) in [7, 11) is 1.57. The Morgan fingerprint density at radius 3 is 2.95 bits per heavy atom. The smallest absolute Gasteiger partial charge is 0.334 e. The summed E-state index contributed by atoms with van der Waals surface area (Å²) in [6.45, 7) is 2.09. The fraction of sp³-hybridized carbons (Fsp3) is 0.286. The largest absolute Gasteiger partial charge is 0.496 e. The fourth-order valence-electron chi connectivity index (χ4n) is 1.92. The third-order valence-electron chi connectivity index (χ3n) is 2.75. The van der Waals surface area contributed by atoms with Crippen LogP contribution in [0.2, 0.25) is 0 Å². The van der Waals surface area contributed by atoms with Crippen LogP contribution in [0.1, 0.15) is 18.9 Å². The lowest BCUT2D eigenvalue weighted by molar-refractivity contribution is -0.138. The summed E-state index contributed by atoms with van der Waals surface area (Å²) in [4.78, 5) is 16.2. The van der Waals surface area contributed by atoms with E-state index in [9.17, 15) is 4.79 Å². The Hall–Kier alpha value is -2.30. The van der Waals surface area contributed by atoms with E-state index in [1.807, 2.05) is 18.2 Å². The predicted molar refractivity (Wildman–Crippen MR) is 73.5 cm³/mol. The van der Waals surface area contributed by atoms with E-state index in [1.54, 1.807) is 20.1 Å². The Bertz CT molecular complexity index is 562. The van der Waals surface area contributed by atoms with Crippen molar-refractivity contribution >= 4 is 23.6 Å². The zero-order chi connectivity index (χ0) is 13.8. The zero-order valence-corrected chi connectivity index (χ0v) is 11.0. The van der Waals surface area contributed by atoms with Gasteiger partial charge in [-0.2, -0.15) is 0 Å². The van der Waals surface area contributed by atoms with Crippen molar-refractivity contribution in [1.82, 2.24) is 0 Å². The Labute approximate surface area is 111 Å². The number of nitrogens with two attached hydrogens (primary N) is 1. The van der Waals surface area contributed by atoms with E-state index in [4.69, 9.17) is 15.2 Å². The summed E-state index contributed by atoms with van der Waals surface area (Å²) in [5, 5.41) is 0. The molecule has 0 atom stereocenters. The van der Waals surface area contributed by atoms with Crippen molar-refractivity contribution in [3.8, 4) is 5.75 Å². The second kappa shape index (κ2) is 5.56. The van der Waals surface area contributed by atoms with Gasteiger partial charge in [0.15, 0.2) is 0 Å². The Kier molecular flexibility index (Phi) is 3.85. The highest BCUT2D eigenvalue weighted by Gasteiger charge is 2.18. The number of hydrogen-bond donors (Lipinski definition) is 1. The molecule has 1 aliphatic rings. The van der Waals surface area contributed by atoms with Gasteiger partial charge in [0.1, 0.15) is 11.6 Å². The summed E-state index contributed by atoms with van der Waals surface area (Å²) >= 11 is 0. The molecule has 0 aromatic heterocycles. The maximum Gasteiger partial charge on any atom is 0.334 e. The van der Waals surface area contributed by atoms with Crippen LogP contribution in [-0.4, -0.2) is 25.5 Å². The second-order valence-corrected chi connectivity index (χ2v) is 4.06. The molecule has 1 aromatic carbocycles. The lowest BCUT2D eigenvalue weighted by atomic mass is 10.1. The number of aliphatic imine (C=N–C) groups is 1. The minimum absolute atomic E-state index is 0.274. The number of carbonyl (C=O) groups is 1. The molecule has 5 nitrogen and oxygen atoms in total. The molecule has 2 N–H and O–H groups in total. The first-order chi connectivity index (χ1) is 9.15. The van der Waals surface area contributed by atoms with E-state index in [0.29, 0.717) is 29.5 Å². The molecule has 0 unspecified atom stereocenters. The van der Waals surface area contributed by atoms with Crippen LogP contribution in [0, 0.1) is 0 Å². The molecule has 19 heavy (non-hydrogen) atoms. The number of fused-ring (bicyclic) bond motifs is 1. The number of esters is 1. The number of ether oxygens (including phenoxy) is 2. The quantitative estimate of drug-likeness (QED) is 0.844. The molecule has 100 valence electrons. The molecule has 2 rings (SSSR count). The van der Waals surface area contributed by atoms with Crippen molar-refractivity contribution in [2.24, 2.45) is 10.7 Å². The van der Waals surface area contributed by atoms with Gasteiger partial charge in [-0.25, -0.2) is 9.79 Å². The topological polar surface area (TPSA) is 73.9 Å². The maximum atomic E-state index is 11.9. The normalized spacial score (nSPS) is 13.8. The lowest BCUT2D eigenvalue weighted by Gasteiger charge is -2.07. The first-order valence-electron chi connectivity index (χ1n) is 6.03. The minimum Gasteiger partial charge on any atom is -0.496 e. The Balaban J connectivity index is 2.52. The van der Waals surface area contributed by atoms with Crippen LogP contribution >= 0.6 is 0 Å². The van der Waals surface area contributed by atoms with Crippen LogP contribution < -0.4 is 10.5 Å². The van der Waals surface area contributed by atoms with Crippen molar-refractivity contribution in [2.75, 3.05) is 13.7 Å². The molecular weight excluding hydrogens is 244 g/mol. The van der Waals surface area contributed by atoms with Gasteiger partial charge in [-0.05, 0) is 25.1 Å². The fourth-order valence-corrected chi connectivity index (χ4v) is 1.92. The van der Waals surface area contributed by atoms with Crippen LogP contribution in [0.25, 0.3) is 6.08 Å². The standard InChI is InChI=1S/C14H16N2O3/c1-3-19-14(17)9-7-10-11(16-13(15)8-9)5-4-6-12(10)18-2/h4-7H,3,8H2,1-2H3,(H2,15,16). The highest BCUT2D eigenvalue weighted by molar-refractivity contribution is 6.03. The van der Waals surface area contributed by atoms with Crippen molar-refractivity contribution in [1.29, 1.82) is 0 Å². The monoisotopic (exact) mass is 260 g/mol. The number of benzene rings is 1. The van der Waals surface area contributed by atoms with E-state index < -0.39 is 0 Å². The number of amidine groups is 1. The number of rotatable bonds is 3. The van der Waals surface area contributed by atoms with E-state index in [1.165, 1.54) is 0 Å². The Morgan fingerprint density at radius 1 is 1.47 bits per heavy atom. The molecule has 0 fully saturated rings. The van der Waals surface area contributed by atoms with E-state index in [-0.39, 0.29) is 12.4 Å². The summed E-state index contributed by atoms with van der Waals surface area (Å²) < 4.78 is 10.3. The van der Waals surface area contributed by atoms with Crippen LogP contribution in [0.4, 0.5) is 5.69 Å². The minimum atomic E-state index is -0.376. The molecule has 0 saturated carbocycles. The van der Waals surface area contributed by atoms with Crippen molar-refractivity contribution < 1.29 is 14.3 Å². The molecule has 1 heterocycles. The van der Waals surface area contributed by atoms with Gasteiger partial charge < -0.3 is 15.2 Å². The molecule has 0 aliphatic carbocycles. The average Bonchev–Trinajstić information content (AvgIpc) is 2.56. The van der Waals surface area contributed by atoms with Crippen LogP contribution in [-0.2, 0) is 9.53 Å². The number of nitrogens with zero attached hydrogens (tertiary/aromatic N) is 1. The van der Waals surface area contributed by atoms with Crippen molar-refractivity contribution in [2.45, 2.75) is 13.3 Å². The third kappa shape index (κ3) is 2.76. The van der Waals surface area contributed by atoms with Gasteiger partial charge in [0.2, 0.25) is 0 Å². The van der Waals surface area contributed by atoms with Gasteiger partial charge >= 0.3 is 5.97 Å². The molecule has 1 aromatic rings. The van der Waals surface area contributed by atoms with E-state index in [0.717, 1.165) is 5.56 Å². The molecule has 0 spiro atoms. The lowest BCUT2D eigenvalue weighted by Crippen LogP contribution is -2.16. The molecule has 0 bridgehead atoms. The summed E-state index contributed by atoms with van der Waals surface area (Å²) in [6, 6.07) is 5.47. The maximum absolute atomic E-state index is 11.9. The van der Waals surface area contributed by atoms with Gasteiger partial charge in [0.25, 0.3) is 0 Å². The SMILES string of the molecule is CCOC(=O)C1=Cc2c(cccc2OC)N=C(N)C1. The first-order valence-corrected chi connectivity index (χ1v) is 6.03. The number of carbonyl (C=O) groups excluding carboxylic acids is 1. The number of methoxy groups -OCH3 is 1. The molecule has 0 radical (unpaired) electrons. The average molecular weight is 260 g/mol. The highest BCUT2D eigenvalue weighted by Crippen LogP contribution is 2.33. The van der Waals surface area contributed by atoms with Gasteiger partial charge in [-0.1, -0.05) is 6.07 Å². The van der Waals surface area contributed by atoms with Crippen LogP contribution in [0.5, 0.6) is 5.75 Å². The third-order valence-corrected chi connectivity index (χ3v) is 2.75. The highest BCUT2D eigenvalue weighted by atomic mass is 16.5. The van der Waals surface area contributed by atoms with Gasteiger partial charge in [-0.3, -0.25) is 0 Å². The molecule has 0 saturated heterocycles. The van der Waals surface area contributed by atoms with Gasteiger partial charge in [-0.15, -0.1) is 0 Å². The van der Waals surface area contributed by atoms with E-state index >= 15 is 0 Å². The zero-order valence-electron chi connectivity index (χ0n) is 11.0. The first kappa shape index (κ1) is 13.1. The molecule has 1 aliphatic heterocycles. The summed E-state index contributed by atoms with van der Waals surface area (Å²) in [6.07, 6.45) is 2.01. The predicted octanol–water partition coefficient (Wildman–Crippen LogP) is 2.03. The molecule has 5 heteroatoms. The molecular formula is C14H16N2O3. The van der Waals surface area contributed by atoms with Gasteiger partial charge in [0.05, 0.1) is 19.4 Å². The Morgan fingerprint density at radius 2 is 2.26 bits per heavy atom. The van der Waals surface area contributed by atoms with Crippen molar-refractivity contribution in [3.05, 3.63) is 29.3 Å².